The van der Waals surface area contributed by atoms with Crippen molar-refractivity contribution in [2.45, 2.75) is 38.9 Å². The van der Waals surface area contributed by atoms with Crippen molar-refractivity contribution in [1.82, 2.24) is 5.32 Å². The second-order valence-electron chi connectivity index (χ2n) is 6.07. The molecule has 1 fully saturated rings. The second kappa shape index (κ2) is 6.18. The lowest BCUT2D eigenvalue weighted by molar-refractivity contribution is -0.117. The predicted octanol–water partition coefficient (Wildman–Crippen LogP) is 4.60. The molecule has 1 aromatic rings. The highest BCUT2D eigenvalue weighted by molar-refractivity contribution is 6.35. The number of nitrogens with one attached hydrogen (secondary N) is 1. The van der Waals surface area contributed by atoms with Gasteiger partial charge in [-0.2, -0.15) is 0 Å². The van der Waals surface area contributed by atoms with Crippen molar-refractivity contribution < 1.29 is 9.13 Å². The van der Waals surface area contributed by atoms with Gasteiger partial charge in [0.2, 0.25) is 0 Å². The normalized spacial score (nSPS) is 27.1. The van der Waals surface area contributed by atoms with Crippen LogP contribution >= 0.6 is 23.2 Å². The van der Waals surface area contributed by atoms with Crippen LogP contribution in [0.1, 0.15) is 38.9 Å². The van der Waals surface area contributed by atoms with Crippen LogP contribution < -0.4 is 5.32 Å². The lowest BCUT2D eigenvalue weighted by Crippen LogP contribution is -2.49. The van der Waals surface area contributed by atoms with Crippen LogP contribution in [0.2, 0.25) is 10.0 Å². The topological polar surface area (TPSA) is 21.3 Å². The summed E-state index contributed by atoms with van der Waals surface area (Å²) in [6.45, 7) is 7.80. The lowest BCUT2D eigenvalue weighted by atomic mass is 9.91. The summed E-state index contributed by atoms with van der Waals surface area (Å²) >= 11 is 11.9. The molecule has 2 atom stereocenters. The smallest absolute Gasteiger partial charge is 0.142 e. The van der Waals surface area contributed by atoms with E-state index in [2.05, 4.69) is 26.1 Å². The van der Waals surface area contributed by atoms with E-state index in [-0.39, 0.29) is 16.7 Å². The van der Waals surface area contributed by atoms with E-state index in [1.54, 1.807) is 0 Å². The van der Waals surface area contributed by atoms with E-state index < -0.39 is 5.82 Å². The molecule has 0 amide bonds. The van der Waals surface area contributed by atoms with Gasteiger partial charge in [0.1, 0.15) is 5.82 Å². The molecule has 1 heterocycles. The van der Waals surface area contributed by atoms with Crippen LogP contribution in [0.15, 0.2) is 12.1 Å². The van der Waals surface area contributed by atoms with Crippen molar-refractivity contribution >= 4 is 23.2 Å². The Morgan fingerprint density at radius 2 is 2.10 bits per heavy atom. The van der Waals surface area contributed by atoms with E-state index in [9.17, 15) is 4.39 Å². The molecule has 0 aromatic heterocycles. The van der Waals surface area contributed by atoms with E-state index in [1.807, 2.05) is 0 Å². The van der Waals surface area contributed by atoms with Crippen LogP contribution in [-0.4, -0.2) is 18.7 Å². The lowest BCUT2D eigenvalue weighted by Gasteiger charge is -2.40. The molecule has 0 spiro atoms. The molecule has 1 N–H and O–H groups in total. The van der Waals surface area contributed by atoms with Gasteiger partial charge >= 0.3 is 0 Å². The minimum absolute atomic E-state index is 0.0347. The van der Waals surface area contributed by atoms with E-state index in [1.165, 1.54) is 12.1 Å². The molecule has 0 radical (unpaired) electrons. The zero-order chi connectivity index (χ0) is 14.9. The molecule has 5 heteroatoms. The number of rotatable bonds is 3. The second-order valence-corrected chi connectivity index (χ2v) is 6.89. The Hall–Kier alpha value is -0.350. The number of hydrogen-bond acceptors (Lipinski definition) is 2. The van der Waals surface area contributed by atoms with Gasteiger partial charge in [-0.05, 0) is 31.4 Å². The number of halogens is 3. The Bertz CT molecular complexity index is 495. The Kier molecular flexibility index (Phi) is 4.96. The van der Waals surface area contributed by atoms with E-state index >= 15 is 0 Å². The zero-order valence-electron chi connectivity index (χ0n) is 12.0. The maximum Gasteiger partial charge on any atom is 0.142 e. The molecule has 20 heavy (non-hydrogen) atoms. The molecule has 2 rings (SSSR count). The standard InChI is InChI=1S/C15H20Cl2FNO/c1-9(2)6-15(3)8-19-7-14(20-15)10-4-13(18)12(17)5-11(10)16/h4-5,9,14,19H,6-8H2,1-3H3. The SMILES string of the molecule is CC(C)CC1(C)CNCC(c2cc(F)c(Cl)cc2Cl)O1. The Balaban J connectivity index is 2.23. The fraction of sp³-hybridized carbons (Fsp3) is 0.600. The van der Waals surface area contributed by atoms with E-state index in [4.69, 9.17) is 27.9 Å². The summed E-state index contributed by atoms with van der Waals surface area (Å²) in [5, 5.41) is 3.83. The Morgan fingerprint density at radius 1 is 1.40 bits per heavy atom. The van der Waals surface area contributed by atoms with Crippen LogP contribution in [0.25, 0.3) is 0 Å². The highest BCUT2D eigenvalue weighted by atomic mass is 35.5. The number of morpholine rings is 1. The van der Waals surface area contributed by atoms with Crippen LogP contribution in [0.4, 0.5) is 4.39 Å². The third-order valence-electron chi connectivity index (χ3n) is 3.48. The molecule has 1 saturated heterocycles. The molecule has 0 bridgehead atoms. The third-order valence-corrected chi connectivity index (χ3v) is 4.10. The van der Waals surface area contributed by atoms with Gasteiger partial charge in [-0.3, -0.25) is 0 Å². The highest BCUT2D eigenvalue weighted by Gasteiger charge is 2.35. The first-order chi connectivity index (χ1) is 9.31. The fourth-order valence-corrected chi connectivity index (χ4v) is 3.34. The molecular weight excluding hydrogens is 300 g/mol. The number of ether oxygens (including phenoxy) is 1. The average Bonchev–Trinajstić information content (AvgIpc) is 2.32. The Morgan fingerprint density at radius 3 is 2.75 bits per heavy atom. The first kappa shape index (κ1) is 16.0. The molecule has 2 nitrogen and oxygen atoms in total. The monoisotopic (exact) mass is 319 g/mol. The molecule has 1 aromatic carbocycles. The summed E-state index contributed by atoms with van der Waals surface area (Å²) < 4.78 is 19.8. The molecule has 2 unspecified atom stereocenters. The molecule has 1 aliphatic heterocycles. The first-order valence-corrected chi connectivity index (χ1v) is 7.59. The van der Waals surface area contributed by atoms with Crippen molar-refractivity contribution in [3.05, 3.63) is 33.6 Å². The van der Waals surface area contributed by atoms with Crippen molar-refractivity contribution in [2.24, 2.45) is 5.92 Å². The summed E-state index contributed by atoms with van der Waals surface area (Å²) in [7, 11) is 0. The van der Waals surface area contributed by atoms with Gasteiger partial charge in [0.05, 0.1) is 16.7 Å². The summed E-state index contributed by atoms with van der Waals surface area (Å²) in [6, 6.07) is 2.81. The van der Waals surface area contributed by atoms with Gasteiger partial charge in [0, 0.05) is 23.7 Å². The van der Waals surface area contributed by atoms with Gasteiger partial charge in [-0.15, -0.1) is 0 Å². The van der Waals surface area contributed by atoms with Crippen molar-refractivity contribution in [2.75, 3.05) is 13.1 Å². The summed E-state index contributed by atoms with van der Waals surface area (Å²) in [5.74, 6) is 0.0591. The van der Waals surface area contributed by atoms with Crippen LogP contribution in [0, 0.1) is 11.7 Å². The summed E-state index contributed by atoms with van der Waals surface area (Å²) in [4.78, 5) is 0. The number of benzene rings is 1. The van der Waals surface area contributed by atoms with Gasteiger partial charge in [-0.1, -0.05) is 37.0 Å². The van der Waals surface area contributed by atoms with Crippen LogP contribution in [0.5, 0.6) is 0 Å². The highest BCUT2D eigenvalue weighted by Crippen LogP contribution is 2.36. The summed E-state index contributed by atoms with van der Waals surface area (Å²) in [5.41, 5.74) is 0.382. The van der Waals surface area contributed by atoms with Gasteiger partial charge in [0.25, 0.3) is 0 Å². The quantitative estimate of drug-likeness (QED) is 0.822. The minimum Gasteiger partial charge on any atom is -0.365 e. The zero-order valence-corrected chi connectivity index (χ0v) is 13.5. The van der Waals surface area contributed by atoms with Gasteiger partial charge < -0.3 is 10.1 Å². The molecule has 112 valence electrons. The third kappa shape index (κ3) is 3.64. The largest absolute Gasteiger partial charge is 0.365 e. The van der Waals surface area contributed by atoms with E-state index in [0.717, 1.165) is 13.0 Å². The van der Waals surface area contributed by atoms with Gasteiger partial charge in [-0.25, -0.2) is 4.39 Å². The summed E-state index contributed by atoms with van der Waals surface area (Å²) in [6.07, 6.45) is 0.677. The predicted molar refractivity (Wildman–Crippen MR) is 81.0 cm³/mol. The number of hydrogen-bond donors (Lipinski definition) is 1. The fourth-order valence-electron chi connectivity index (χ4n) is 2.84. The Labute approximate surface area is 129 Å². The average molecular weight is 320 g/mol. The molecular formula is C15H20Cl2FNO. The van der Waals surface area contributed by atoms with Crippen molar-refractivity contribution in [1.29, 1.82) is 0 Å². The molecule has 1 aliphatic rings. The van der Waals surface area contributed by atoms with Crippen LogP contribution in [0.3, 0.4) is 0 Å². The van der Waals surface area contributed by atoms with E-state index in [0.29, 0.717) is 23.0 Å². The maximum absolute atomic E-state index is 13.7. The van der Waals surface area contributed by atoms with Crippen molar-refractivity contribution in [3.8, 4) is 0 Å². The van der Waals surface area contributed by atoms with Crippen LogP contribution in [-0.2, 0) is 4.74 Å². The molecule has 0 saturated carbocycles. The maximum atomic E-state index is 13.7. The minimum atomic E-state index is -0.467. The first-order valence-electron chi connectivity index (χ1n) is 6.84. The van der Waals surface area contributed by atoms with Gasteiger partial charge in [0.15, 0.2) is 0 Å². The molecule has 0 aliphatic carbocycles. The van der Waals surface area contributed by atoms with Crippen molar-refractivity contribution in [3.63, 3.8) is 0 Å².